The van der Waals surface area contributed by atoms with Gasteiger partial charge < -0.3 is 9.64 Å². The maximum atomic E-state index is 13.8. The van der Waals surface area contributed by atoms with E-state index in [4.69, 9.17) is 9.72 Å². The zero-order valence-electron chi connectivity index (χ0n) is 20.0. The number of likely N-dealkylation sites (tertiary alicyclic amines) is 1. The fourth-order valence-corrected chi connectivity index (χ4v) is 8.08. The van der Waals surface area contributed by atoms with Crippen LogP contribution in [0.4, 0.5) is 0 Å². The van der Waals surface area contributed by atoms with Crippen molar-refractivity contribution in [2.75, 3.05) is 19.7 Å². The van der Waals surface area contributed by atoms with Crippen molar-refractivity contribution in [3.8, 4) is 0 Å². The van der Waals surface area contributed by atoms with Gasteiger partial charge in [0.15, 0.2) is 5.16 Å². The Hall–Kier alpha value is -1.38. The standard InChI is InChI=1S/C25H35N3O3S2/c1-15-11-16(2)13-27(12-15)23(29)17(3)32-25-26-22-21(19-8-4-5-9-20(19)33-22)24(30)28(25)14-18-7-6-10-31-18/h15-18H,4-14H2,1-3H3. The second kappa shape index (κ2) is 9.70. The van der Waals surface area contributed by atoms with Gasteiger partial charge in [-0.25, -0.2) is 4.98 Å². The van der Waals surface area contributed by atoms with Crippen LogP contribution in [0.2, 0.25) is 0 Å². The van der Waals surface area contributed by atoms with Crippen molar-refractivity contribution >= 4 is 39.2 Å². The molecule has 1 amide bonds. The van der Waals surface area contributed by atoms with Gasteiger partial charge in [-0.1, -0.05) is 25.6 Å². The number of amides is 1. The summed E-state index contributed by atoms with van der Waals surface area (Å²) < 4.78 is 7.69. The fraction of sp³-hybridized carbons (Fsp3) is 0.720. The highest BCUT2D eigenvalue weighted by Crippen LogP contribution is 2.36. The molecule has 5 rings (SSSR count). The van der Waals surface area contributed by atoms with Gasteiger partial charge in [-0.2, -0.15) is 0 Å². The minimum absolute atomic E-state index is 0.0468. The van der Waals surface area contributed by atoms with Gasteiger partial charge in [-0.05, 0) is 69.3 Å². The van der Waals surface area contributed by atoms with E-state index in [9.17, 15) is 9.59 Å². The number of rotatable bonds is 5. The first-order valence-electron chi connectivity index (χ1n) is 12.5. The van der Waals surface area contributed by atoms with Gasteiger partial charge in [0.2, 0.25) is 5.91 Å². The van der Waals surface area contributed by atoms with Gasteiger partial charge in [0.1, 0.15) is 4.83 Å². The molecule has 0 radical (unpaired) electrons. The van der Waals surface area contributed by atoms with Crippen molar-refractivity contribution in [1.82, 2.24) is 14.5 Å². The third-order valence-corrected chi connectivity index (χ3v) is 9.52. The van der Waals surface area contributed by atoms with E-state index in [2.05, 4.69) is 13.8 Å². The fourth-order valence-electron chi connectivity index (χ4n) is 5.77. The summed E-state index contributed by atoms with van der Waals surface area (Å²) in [4.78, 5) is 36.3. The molecular weight excluding hydrogens is 454 g/mol. The molecule has 2 aliphatic heterocycles. The van der Waals surface area contributed by atoms with Crippen LogP contribution in [0, 0.1) is 11.8 Å². The summed E-state index contributed by atoms with van der Waals surface area (Å²) in [6.07, 6.45) is 7.56. The number of thioether (sulfide) groups is 1. The lowest BCUT2D eigenvalue weighted by atomic mass is 9.92. The van der Waals surface area contributed by atoms with Crippen LogP contribution in [0.5, 0.6) is 0 Å². The van der Waals surface area contributed by atoms with Crippen molar-refractivity contribution < 1.29 is 9.53 Å². The molecule has 6 nitrogen and oxygen atoms in total. The Balaban J connectivity index is 1.48. The van der Waals surface area contributed by atoms with E-state index in [-0.39, 0.29) is 22.8 Å². The van der Waals surface area contributed by atoms with Crippen molar-refractivity contribution in [2.24, 2.45) is 11.8 Å². The lowest BCUT2D eigenvalue weighted by molar-refractivity contribution is -0.132. The molecule has 0 saturated carbocycles. The van der Waals surface area contributed by atoms with Crippen LogP contribution >= 0.6 is 23.1 Å². The lowest BCUT2D eigenvalue weighted by Gasteiger charge is -2.36. The number of aromatic nitrogens is 2. The van der Waals surface area contributed by atoms with Crippen molar-refractivity contribution in [3.05, 3.63) is 20.8 Å². The highest BCUT2D eigenvalue weighted by atomic mass is 32.2. The number of aryl methyl sites for hydroxylation is 2. The Morgan fingerprint density at radius 1 is 1.21 bits per heavy atom. The molecule has 2 saturated heterocycles. The molecule has 33 heavy (non-hydrogen) atoms. The monoisotopic (exact) mass is 489 g/mol. The Morgan fingerprint density at radius 2 is 1.97 bits per heavy atom. The normalized spacial score (nSPS) is 26.5. The van der Waals surface area contributed by atoms with Crippen LogP contribution in [0.3, 0.4) is 0 Å². The van der Waals surface area contributed by atoms with Gasteiger partial charge >= 0.3 is 0 Å². The number of carbonyl (C=O) groups is 1. The number of piperidine rings is 1. The third kappa shape index (κ3) is 4.76. The largest absolute Gasteiger partial charge is 0.376 e. The van der Waals surface area contributed by atoms with Crippen LogP contribution in [0.15, 0.2) is 9.95 Å². The highest BCUT2D eigenvalue weighted by molar-refractivity contribution is 8.00. The van der Waals surface area contributed by atoms with Crippen LogP contribution in [-0.4, -0.2) is 51.4 Å². The van der Waals surface area contributed by atoms with Gasteiger partial charge in [0.25, 0.3) is 5.56 Å². The Labute approximate surface area is 204 Å². The minimum atomic E-state index is -0.280. The Bertz CT molecular complexity index is 1080. The number of thiophene rings is 1. The summed E-state index contributed by atoms with van der Waals surface area (Å²) in [6, 6.07) is 0. The molecule has 180 valence electrons. The average Bonchev–Trinajstić information content (AvgIpc) is 3.42. The molecule has 2 aromatic heterocycles. The van der Waals surface area contributed by atoms with E-state index in [0.717, 1.165) is 62.0 Å². The average molecular weight is 490 g/mol. The lowest BCUT2D eigenvalue weighted by Crippen LogP contribution is -2.45. The maximum absolute atomic E-state index is 13.8. The van der Waals surface area contributed by atoms with Gasteiger partial charge in [0.05, 0.1) is 23.3 Å². The Kier molecular flexibility index (Phi) is 6.87. The second-order valence-electron chi connectivity index (χ2n) is 10.3. The molecular formula is C25H35N3O3S2. The molecule has 0 bridgehead atoms. The molecule has 0 aromatic carbocycles. The summed E-state index contributed by atoms with van der Waals surface area (Å²) in [5.41, 5.74) is 1.27. The zero-order valence-corrected chi connectivity index (χ0v) is 21.6. The van der Waals surface area contributed by atoms with Crippen LogP contribution < -0.4 is 5.56 Å². The summed E-state index contributed by atoms with van der Waals surface area (Å²) in [5.74, 6) is 1.21. The summed E-state index contributed by atoms with van der Waals surface area (Å²) in [5, 5.41) is 1.20. The maximum Gasteiger partial charge on any atom is 0.263 e. The number of hydrogen-bond acceptors (Lipinski definition) is 6. The van der Waals surface area contributed by atoms with Gasteiger partial charge in [-0.3, -0.25) is 14.2 Å². The first-order valence-corrected chi connectivity index (χ1v) is 14.2. The second-order valence-corrected chi connectivity index (χ2v) is 12.7. The molecule has 1 aliphatic carbocycles. The van der Waals surface area contributed by atoms with Crippen LogP contribution in [-0.2, 0) is 28.9 Å². The SMILES string of the molecule is CC1CC(C)CN(C(=O)C(C)Sc2nc3sc4c(c3c(=O)n2CC2CCCO2)CCCC4)C1. The zero-order chi connectivity index (χ0) is 23.1. The van der Waals surface area contributed by atoms with Gasteiger partial charge in [0, 0.05) is 24.6 Å². The molecule has 4 unspecified atom stereocenters. The van der Waals surface area contributed by atoms with E-state index in [1.807, 2.05) is 16.4 Å². The van der Waals surface area contributed by atoms with Crippen LogP contribution in [0.1, 0.15) is 63.3 Å². The summed E-state index contributed by atoms with van der Waals surface area (Å²) in [6.45, 7) is 9.33. The number of ether oxygens (including phenoxy) is 1. The number of carbonyl (C=O) groups excluding carboxylic acids is 1. The number of fused-ring (bicyclic) bond motifs is 3. The summed E-state index contributed by atoms with van der Waals surface area (Å²) >= 11 is 3.12. The quantitative estimate of drug-likeness (QED) is 0.457. The van der Waals surface area contributed by atoms with Crippen molar-refractivity contribution in [2.45, 2.75) is 88.8 Å². The number of hydrogen-bond donors (Lipinski definition) is 0. The molecule has 2 fully saturated rings. The highest BCUT2D eigenvalue weighted by Gasteiger charge is 2.31. The molecule has 8 heteroatoms. The smallest absolute Gasteiger partial charge is 0.263 e. The Morgan fingerprint density at radius 3 is 2.70 bits per heavy atom. The van der Waals surface area contributed by atoms with Crippen molar-refractivity contribution in [3.63, 3.8) is 0 Å². The molecule has 2 aromatic rings. The van der Waals surface area contributed by atoms with E-state index >= 15 is 0 Å². The molecule has 0 spiro atoms. The van der Waals surface area contributed by atoms with E-state index in [1.165, 1.54) is 35.0 Å². The van der Waals surface area contributed by atoms with Gasteiger partial charge in [-0.15, -0.1) is 11.3 Å². The number of nitrogens with zero attached hydrogens (tertiary/aromatic N) is 3. The minimum Gasteiger partial charge on any atom is -0.376 e. The third-order valence-electron chi connectivity index (χ3n) is 7.26. The molecule has 4 atom stereocenters. The molecule has 3 aliphatic rings. The first kappa shape index (κ1) is 23.4. The summed E-state index contributed by atoms with van der Waals surface area (Å²) in [7, 11) is 0. The topological polar surface area (TPSA) is 64.4 Å². The van der Waals surface area contributed by atoms with E-state index in [1.54, 1.807) is 11.3 Å². The van der Waals surface area contributed by atoms with Crippen molar-refractivity contribution in [1.29, 1.82) is 0 Å². The van der Waals surface area contributed by atoms with E-state index in [0.29, 0.717) is 23.5 Å². The first-order chi connectivity index (χ1) is 15.9. The molecule has 0 N–H and O–H groups in total. The predicted molar refractivity (Wildman–Crippen MR) is 134 cm³/mol. The van der Waals surface area contributed by atoms with E-state index < -0.39 is 0 Å². The molecule has 4 heterocycles. The predicted octanol–water partition coefficient (Wildman–Crippen LogP) is 4.50. The van der Waals surface area contributed by atoms with Crippen LogP contribution in [0.25, 0.3) is 10.2 Å².